The molecule has 32 heavy (non-hydrogen) atoms. The fourth-order valence-electron chi connectivity index (χ4n) is 3.63. The van der Waals surface area contributed by atoms with E-state index in [0.717, 1.165) is 16.7 Å². The van der Waals surface area contributed by atoms with Gasteiger partial charge in [-0.25, -0.2) is 0 Å². The van der Waals surface area contributed by atoms with Crippen LogP contribution in [0.3, 0.4) is 0 Å². The van der Waals surface area contributed by atoms with Crippen molar-refractivity contribution in [1.82, 2.24) is 10.3 Å². The van der Waals surface area contributed by atoms with Gasteiger partial charge in [-0.3, -0.25) is 14.6 Å². The van der Waals surface area contributed by atoms with Crippen molar-refractivity contribution in [2.75, 3.05) is 6.54 Å². The number of carbonyl (C=O) groups excluding carboxylic acids is 1. The smallest absolute Gasteiger partial charge is 0.320 e. The number of nitrogens with two attached hydrogens (primary N) is 1. The zero-order valence-corrected chi connectivity index (χ0v) is 18.4. The normalized spacial score (nSPS) is 12.9. The highest BCUT2D eigenvalue weighted by atomic mass is 16.4. The van der Waals surface area contributed by atoms with Gasteiger partial charge >= 0.3 is 5.97 Å². The molecular weight excluding hydrogens is 402 g/mol. The summed E-state index contributed by atoms with van der Waals surface area (Å²) in [4.78, 5) is 27.7. The minimum Gasteiger partial charge on any atom is -0.480 e. The lowest BCUT2D eigenvalue weighted by Crippen LogP contribution is -2.32. The Morgan fingerprint density at radius 1 is 1.00 bits per heavy atom. The van der Waals surface area contributed by atoms with E-state index >= 15 is 0 Å². The highest BCUT2D eigenvalue weighted by Crippen LogP contribution is 2.27. The van der Waals surface area contributed by atoms with E-state index in [1.54, 1.807) is 30.5 Å². The maximum Gasteiger partial charge on any atom is 0.320 e. The van der Waals surface area contributed by atoms with Crippen molar-refractivity contribution in [3.63, 3.8) is 0 Å². The lowest BCUT2D eigenvalue weighted by Gasteiger charge is -2.22. The van der Waals surface area contributed by atoms with E-state index in [4.69, 9.17) is 10.8 Å². The fraction of sp³-hybridized carbons (Fsp3) is 0.269. The Bertz CT molecular complexity index is 1030. The Kier molecular flexibility index (Phi) is 7.73. The number of aliphatic carboxylic acids is 1. The van der Waals surface area contributed by atoms with Gasteiger partial charge in [0.05, 0.1) is 0 Å². The quantitative estimate of drug-likeness (QED) is 0.477. The molecule has 2 aromatic carbocycles. The van der Waals surface area contributed by atoms with Gasteiger partial charge in [0.15, 0.2) is 0 Å². The van der Waals surface area contributed by atoms with Gasteiger partial charge in [-0.15, -0.1) is 0 Å². The molecule has 3 rings (SSSR count). The molecule has 0 bridgehead atoms. The van der Waals surface area contributed by atoms with Crippen LogP contribution in [-0.2, 0) is 11.2 Å². The molecule has 0 aliphatic carbocycles. The Balaban J connectivity index is 1.63. The second-order valence-electron chi connectivity index (χ2n) is 8.27. The summed E-state index contributed by atoms with van der Waals surface area (Å²) in [6, 6.07) is 18.3. The monoisotopic (exact) mass is 431 g/mol. The van der Waals surface area contributed by atoms with Gasteiger partial charge < -0.3 is 16.2 Å². The van der Waals surface area contributed by atoms with E-state index in [1.807, 2.05) is 18.3 Å². The maximum atomic E-state index is 12.6. The summed E-state index contributed by atoms with van der Waals surface area (Å²) in [6.45, 7) is 4.81. The highest BCUT2D eigenvalue weighted by Gasteiger charge is 2.18. The first-order valence-electron chi connectivity index (χ1n) is 10.7. The van der Waals surface area contributed by atoms with E-state index in [1.165, 1.54) is 5.56 Å². The number of benzene rings is 2. The second-order valence-corrected chi connectivity index (χ2v) is 8.27. The van der Waals surface area contributed by atoms with Crippen LogP contribution in [0.2, 0.25) is 0 Å². The number of rotatable bonds is 9. The number of pyridine rings is 1. The van der Waals surface area contributed by atoms with Crippen LogP contribution in [0, 0.1) is 5.92 Å². The van der Waals surface area contributed by atoms with Crippen molar-refractivity contribution in [1.29, 1.82) is 0 Å². The summed E-state index contributed by atoms with van der Waals surface area (Å²) < 4.78 is 0. The van der Waals surface area contributed by atoms with E-state index in [-0.39, 0.29) is 18.2 Å². The molecule has 6 nitrogen and oxygen atoms in total. The predicted octanol–water partition coefficient (Wildman–Crippen LogP) is 3.87. The second kappa shape index (κ2) is 10.7. The molecule has 0 spiro atoms. The number of carboxylic acids is 1. The minimum atomic E-state index is -1.04. The Morgan fingerprint density at radius 3 is 2.25 bits per heavy atom. The van der Waals surface area contributed by atoms with Crippen LogP contribution in [0.15, 0.2) is 73.1 Å². The minimum absolute atomic E-state index is 0.156. The summed E-state index contributed by atoms with van der Waals surface area (Å²) in [7, 11) is 0. The third kappa shape index (κ3) is 6.02. The maximum absolute atomic E-state index is 12.6. The first-order chi connectivity index (χ1) is 15.3. The zero-order chi connectivity index (χ0) is 23.1. The molecule has 0 radical (unpaired) electrons. The van der Waals surface area contributed by atoms with Crippen LogP contribution >= 0.6 is 0 Å². The molecule has 0 saturated heterocycles. The number of nitrogens with one attached hydrogen (secondary N) is 1. The van der Waals surface area contributed by atoms with Crippen molar-refractivity contribution in [3.05, 3.63) is 89.7 Å². The van der Waals surface area contributed by atoms with Gasteiger partial charge in [0.1, 0.15) is 6.04 Å². The van der Waals surface area contributed by atoms with Crippen molar-refractivity contribution < 1.29 is 14.7 Å². The Morgan fingerprint density at radius 2 is 1.69 bits per heavy atom. The van der Waals surface area contributed by atoms with Crippen LogP contribution < -0.4 is 11.1 Å². The number of nitrogens with zero attached hydrogens (tertiary/aromatic N) is 1. The van der Waals surface area contributed by atoms with Gasteiger partial charge in [-0.2, -0.15) is 0 Å². The van der Waals surface area contributed by atoms with Crippen LogP contribution in [-0.4, -0.2) is 34.6 Å². The molecule has 1 amide bonds. The topological polar surface area (TPSA) is 105 Å². The van der Waals surface area contributed by atoms with Gasteiger partial charge in [-0.05, 0) is 52.8 Å². The molecule has 1 aromatic heterocycles. The van der Waals surface area contributed by atoms with E-state index in [0.29, 0.717) is 18.0 Å². The van der Waals surface area contributed by atoms with Crippen molar-refractivity contribution in [2.45, 2.75) is 32.2 Å². The van der Waals surface area contributed by atoms with Crippen molar-refractivity contribution in [2.24, 2.45) is 11.7 Å². The van der Waals surface area contributed by atoms with Crippen LogP contribution in [0.25, 0.3) is 11.1 Å². The molecule has 1 heterocycles. The number of carboxylic acid groups (broad SMARTS) is 1. The first kappa shape index (κ1) is 23.2. The first-order valence-corrected chi connectivity index (χ1v) is 10.7. The van der Waals surface area contributed by atoms with E-state index in [2.05, 4.69) is 48.4 Å². The Labute approximate surface area is 188 Å². The summed E-state index contributed by atoms with van der Waals surface area (Å²) in [5.41, 5.74) is 10.2. The summed E-state index contributed by atoms with van der Waals surface area (Å²) in [5.74, 6) is -0.675. The third-order valence-electron chi connectivity index (χ3n) is 5.61. The average Bonchev–Trinajstić information content (AvgIpc) is 2.80. The molecule has 0 fully saturated rings. The van der Waals surface area contributed by atoms with Gasteiger partial charge in [0.25, 0.3) is 5.91 Å². The number of hydrogen-bond donors (Lipinski definition) is 3. The number of hydrogen-bond acceptors (Lipinski definition) is 4. The molecule has 166 valence electrons. The molecule has 2 unspecified atom stereocenters. The van der Waals surface area contributed by atoms with E-state index in [9.17, 15) is 9.59 Å². The highest BCUT2D eigenvalue weighted by molar-refractivity contribution is 5.94. The number of carbonyl (C=O) groups is 2. The van der Waals surface area contributed by atoms with Crippen LogP contribution in [0.4, 0.5) is 0 Å². The summed E-state index contributed by atoms with van der Waals surface area (Å²) >= 11 is 0. The van der Waals surface area contributed by atoms with Gasteiger partial charge in [0, 0.05) is 30.4 Å². The molecule has 2 atom stereocenters. The zero-order valence-electron chi connectivity index (χ0n) is 18.4. The molecule has 6 heteroatoms. The lowest BCUT2D eigenvalue weighted by molar-refractivity contribution is -0.138. The van der Waals surface area contributed by atoms with Gasteiger partial charge in [0.2, 0.25) is 0 Å². The van der Waals surface area contributed by atoms with Crippen LogP contribution in [0.1, 0.15) is 41.3 Å². The number of aromatic nitrogens is 1. The standard InChI is InChI=1S/C26H29N3O3/c1-17(2)23(20-11-9-19(10-12-20)22-4-3-13-28-15-22)16-29-25(30)21-7-5-18(6-8-21)14-24(27)26(31)32/h3-13,15,17,23-24H,14,16,27H2,1-2H3,(H,29,30)(H,31,32). The molecule has 0 aliphatic heterocycles. The van der Waals surface area contributed by atoms with Crippen LogP contribution in [0.5, 0.6) is 0 Å². The van der Waals surface area contributed by atoms with Crippen molar-refractivity contribution >= 4 is 11.9 Å². The number of amides is 1. The summed E-state index contributed by atoms with van der Waals surface area (Å²) in [5, 5.41) is 12.0. The molecule has 0 aliphatic rings. The molecule has 0 saturated carbocycles. The predicted molar refractivity (Wildman–Crippen MR) is 125 cm³/mol. The molecule has 3 aromatic rings. The largest absolute Gasteiger partial charge is 0.480 e. The Hall–Kier alpha value is -3.51. The SMILES string of the molecule is CC(C)C(CNC(=O)c1ccc(CC(N)C(=O)O)cc1)c1ccc(-c2cccnc2)cc1. The molecule has 4 N–H and O–H groups in total. The lowest BCUT2D eigenvalue weighted by atomic mass is 9.87. The van der Waals surface area contributed by atoms with E-state index < -0.39 is 12.0 Å². The third-order valence-corrected chi connectivity index (χ3v) is 5.61. The fourth-order valence-corrected chi connectivity index (χ4v) is 3.63. The van der Waals surface area contributed by atoms with Crippen molar-refractivity contribution in [3.8, 4) is 11.1 Å². The molecular formula is C26H29N3O3. The average molecular weight is 432 g/mol. The summed E-state index contributed by atoms with van der Waals surface area (Å²) in [6.07, 6.45) is 3.82. The van der Waals surface area contributed by atoms with Gasteiger partial charge in [-0.1, -0.05) is 56.3 Å².